The molecule has 0 fully saturated rings. The van der Waals surface area contributed by atoms with E-state index in [9.17, 15) is 4.79 Å². The number of hydrogen-bond donors (Lipinski definition) is 0. The van der Waals surface area contributed by atoms with Gasteiger partial charge in [0.05, 0.1) is 20.6 Å². The fraction of sp³-hybridized carbons (Fsp3) is 0.278. The van der Waals surface area contributed by atoms with E-state index in [1.165, 1.54) is 17.5 Å². The maximum absolute atomic E-state index is 11.3. The first-order valence-electron chi connectivity index (χ1n) is 7.28. The van der Waals surface area contributed by atoms with Gasteiger partial charge in [0.25, 0.3) is 0 Å². The van der Waals surface area contributed by atoms with Crippen LogP contribution in [0.4, 0.5) is 0 Å². The van der Waals surface area contributed by atoms with Crippen molar-refractivity contribution in [2.24, 2.45) is 0 Å². The number of ether oxygens (including phenoxy) is 2. The Morgan fingerprint density at radius 3 is 2.27 bits per heavy atom. The van der Waals surface area contributed by atoms with Gasteiger partial charge in [-0.3, -0.25) is 4.79 Å². The quantitative estimate of drug-likeness (QED) is 0.627. The van der Waals surface area contributed by atoms with Crippen LogP contribution in [0.2, 0.25) is 13.1 Å². The molecule has 4 heteroatoms. The van der Waals surface area contributed by atoms with Gasteiger partial charge in [-0.05, 0) is 17.7 Å². The second kappa shape index (κ2) is 6.79. The summed E-state index contributed by atoms with van der Waals surface area (Å²) >= 11 is 0. The molecular weight excluding hydrogens is 292 g/mol. The minimum Gasteiger partial charge on any atom is -0.497 e. The average molecular weight is 314 g/mol. The lowest BCUT2D eigenvalue weighted by molar-refractivity contribution is -0.139. The Morgan fingerprint density at radius 2 is 1.68 bits per heavy atom. The topological polar surface area (TPSA) is 35.5 Å². The van der Waals surface area contributed by atoms with Gasteiger partial charge in [-0.15, -0.1) is 0 Å². The van der Waals surface area contributed by atoms with Gasteiger partial charge >= 0.3 is 5.97 Å². The molecule has 0 radical (unpaired) electrons. The van der Waals surface area contributed by atoms with E-state index in [2.05, 4.69) is 37.4 Å². The fourth-order valence-corrected chi connectivity index (χ4v) is 4.81. The second-order valence-electron chi connectivity index (χ2n) is 5.81. The van der Waals surface area contributed by atoms with Gasteiger partial charge in [-0.1, -0.05) is 59.9 Å². The Bertz CT molecular complexity index is 648. The predicted octanol–water partition coefficient (Wildman–Crippen LogP) is 2.23. The van der Waals surface area contributed by atoms with E-state index in [0.29, 0.717) is 6.42 Å². The molecule has 2 aromatic carbocycles. The summed E-state index contributed by atoms with van der Waals surface area (Å²) in [6, 6.07) is 16.6. The van der Waals surface area contributed by atoms with Crippen molar-refractivity contribution < 1.29 is 14.3 Å². The van der Waals surface area contributed by atoms with E-state index in [4.69, 9.17) is 9.47 Å². The highest BCUT2D eigenvalue weighted by Gasteiger charge is 2.26. The number of hydrogen-bond acceptors (Lipinski definition) is 3. The maximum atomic E-state index is 11.3. The van der Waals surface area contributed by atoms with Gasteiger partial charge in [0.1, 0.15) is 13.8 Å². The zero-order valence-electron chi connectivity index (χ0n) is 13.6. The molecular formula is C18H22O3Si. The fourth-order valence-electron chi connectivity index (χ4n) is 2.46. The lowest BCUT2D eigenvalue weighted by Crippen LogP contribution is -2.52. The average Bonchev–Trinajstić information content (AvgIpc) is 2.55. The van der Waals surface area contributed by atoms with Crippen LogP contribution in [0.1, 0.15) is 5.56 Å². The second-order valence-corrected chi connectivity index (χ2v) is 10.2. The minimum atomic E-state index is -1.77. The standard InChI is InChI=1S/C18H22O3Si/c1-20-15-6-5-7-17(13-15)22(3,4)16-10-8-14(9-11-16)12-18(19)21-2/h5-11,13H,12H2,1-4H3. The predicted molar refractivity (Wildman–Crippen MR) is 91.9 cm³/mol. The molecule has 0 atom stereocenters. The zero-order valence-corrected chi connectivity index (χ0v) is 14.6. The molecule has 0 aliphatic rings. The largest absolute Gasteiger partial charge is 0.497 e. The monoisotopic (exact) mass is 314 g/mol. The summed E-state index contributed by atoms with van der Waals surface area (Å²) in [5, 5.41) is 2.65. The Kier molecular flexibility index (Phi) is 5.03. The number of esters is 1. The highest BCUT2D eigenvalue weighted by atomic mass is 28.3. The summed E-state index contributed by atoms with van der Waals surface area (Å²) in [6.45, 7) is 4.63. The first-order chi connectivity index (χ1) is 10.5. The molecule has 116 valence electrons. The van der Waals surface area contributed by atoms with Crippen LogP contribution in [0.15, 0.2) is 48.5 Å². The van der Waals surface area contributed by atoms with Gasteiger partial charge < -0.3 is 9.47 Å². The van der Waals surface area contributed by atoms with Crippen molar-refractivity contribution >= 4 is 24.4 Å². The van der Waals surface area contributed by atoms with E-state index < -0.39 is 8.07 Å². The third-order valence-corrected chi connectivity index (χ3v) is 7.57. The van der Waals surface area contributed by atoms with Crippen molar-refractivity contribution in [3.8, 4) is 5.75 Å². The summed E-state index contributed by atoms with van der Waals surface area (Å²) in [7, 11) is 1.33. The maximum Gasteiger partial charge on any atom is 0.309 e. The zero-order chi connectivity index (χ0) is 16.2. The van der Waals surface area contributed by atoms with Crippen LogP contribution in [0.3, 0.4) is 0 Å². The van der Waals surface area contributed by atoms with E-state index in [0.717, 1.165) is 11.3 Å². The van der Waals surface area contributed by atoms with Gasteiger partial charge in [0.15, 0.2) is 0 Å². The molecule has 0 heterocycles. The third kappa shape index (κ3) is 3.57. The number of carbonyl (C=O) groups excluding carboxylic acids is 1. The lowest BCUT2D eigenvalue weighted by Gasteiger charge is -2.24. The van der Waals surface area contributed by atoms with Gasteiger partial charge in [-0.2, -0.15) is 0 Å². The summed E-state index contributed by atoms with van der Waals surface area (Å²) in [5.74, 6) is 0.678. The molecule has 22 heavy (non-hydrogen) atoms. The smallest absolute Gasteiger partial charge is 0.309 e. The van der Waals surface area contributed by atoms with E-state index in [1.54, 1.807) is 7.11 Å². The van der Waals surface area contributed by atoms with Crippen molar-refractivity contribution in [3.63, 3.8) is 0 Å². The molecule has 0 spiro atoms. The van der Waals surface area contributed by atoms with Crippen molar-refractivity contribution in [2.75, 3.05) is 14.2 Å². The van der Waals surface area contributed by atoms with Crippen molar-refractivity contribution in [3.05, 3.63) is 54.1 Å². The molecule has 0 aliphatic heterocycles. The summed E-state index contributed by atoms with van der Waals surface area (Å²) in [6.07, 6.45) is 0.317. The summed E-state index contributed by atoms with van der Waals surface area (Å²) in [4.78, 5) is 11.3. The van der Waals surface area contributed by atoms with Crippen molar-refractivity contribution in [2.45, 2.75) is 19.5 Å². The van der Waals surface area contributed by atoms with Crippen LogP contribution in [-0.2, 0) is 16.0 Å². The molecule has 0 aliphatic carbocycles. The molecule has 3 nitrogen and oxygen atoms in total. The van der Waals surface area contributed by atoms with Crippen LogP contribution in [0.25, 0.3) is 0 Å². The Hall–Kier alpha value is -2.07. The number of rotatable bonds is 5. The highest BCUT2D eigenvalue weighted by molar-refractivity contribution is 7.00. The first-order valence-corrected chi connectivity index (χ1v) is 10.3. The molecule has 0 unspecified atom stereocenters. The van der Waals surface area contributed by atoms with Crippen molar-refractivity contribution in [1.29, 1.82) is 0 Å². The molecule has 2 aromatic rings. The van der Waals surface area contributed by atoms with Gasteiger partial charge in [0, 0.05) is 0 Å². The minimum absolute atomic E-state index is 0.211. The van der Waals surface area contributed by atoms with E-state index in [1.807, 2.05) is 24.3 Å². The molecule has 0 amide bonds. The summed E-state index contributed by atoms with van der Waals surface area (Å²) < 4.78 is 10.0. The van der Waals surface area contributed by atoms with Crippen LogP contribution >= 0.6 is 0 Å². The van der Waals surface area contributed by atoms with E-state index >= 15 is 0 Å². The first kappa shape index (κ1) is 16.3. The normalized spacial score (nSPS) is 11.1. The van der Waals surface area contributed by atoms with Crippen LogP contribution in [-0.4, -0.2) is 28.3 Å². The highest BCUT2D eigenvalue weighted by Crippen LogP contribution is 2.12. The number of benzene rings is 2. The van der Waals surface area contributed by atoms with Crippen LogP contribution in [0, 0.1) is 0 Å². The van der Waals surface area contributed by atoms with Crippen LogP contribution in [0.5, 0.6) is 5.75 Å². The number of carbonyl (C=O) groups is 1. The molecule has 0 bridgehead atoms. The SMILES string of the molecule is COC(=O)Cc1ccc([Si](C)(C)c2cccc(OC)c2)cc1. The van der Waals surface area contributed by atoms with E-state index in [-0.39, 0.29) is 5.97 Å². The molecule has 0 saturated heterocycles. The Labute approximate surface area is 132 Å². The molecule has 0 saturated carbocycles. The van der Waals surface area contributed by atoms with Crippen LogP contribution < -0.4 is 15.1 Å². The summed E-state index contributed by atoms with van der Waals surface area (Å²) in [5.41, 5.74) is 0.978. The van der Waals surface area contributed by atoms with Gasteiger partial charge in [0.2, 0.25) is 0 Å². The van der Waals surface area contributed by atoms with Crippen molar-refractivity contribution in [1.82, 2.24) is 0 Å². The molecule has 0 N–H and O–H groups in total. The Morgan fingerprint density at radius 1 is 1.00 bits per heavy atom. The number of methoxy groups -OCH3 is 2. The lowest BCUT2D eigenvalue weighted by atomic mass is 10.1. The third-order valence-electron chi connectivity index (χ3n) is 4.04. The molecule has 0 aromatic heterocycles. The Balaban J connectivity index is 2.26. The van der Waals surface area contributed by atoms with Gasteiger partial charge in [-0.25, -0.2) is 0 Å². The molecule has 2 rings (SSSR count).